The van der Waals surface area contributed by atoms with Crippen LogP contribution in [0.4, 0.5) is 0 Å². The topological polar surface area (TPSA) is 0 Å². The fourth-order valence-electron chi connectivity index (χ4n) is 1.06. The lowest BCUT2D eigenvalue weighted by molar-refractivity contribution is 0.504. The van der Waals surface area contributed by atoms with Gasteiger partial charge in [-0.3, -0.25) is 0 Å². The standard InChI is InChI=1S/C6H12.C4H9/c1-2-4-6-5-3-1;1-3-4-2/h1-6H2;1,3-4H2,2H3. The molecule has 0 N–H and O–H groups in total. The summed E-state index contributed by atoms with van der Waals surface area (Å²) in [6.45, 7) is 5.72. The SMILES string of the molecule is C1CCCCC1.[CH2]CCC. The number of rotatable bonds is 1. The molecule has 0 aromatic rings. The Morgan fingerprint density at radius 3 is 1.20 bits per heavy atom. The molecule has 0 spiro atoms. The second kappa shape index (κ2) is 9.00. The fraction of sp³-hybridized carbons (Fsp3) is 0.900. The minimum Gasteiger partial charge on any atom is -0.0654 e. The molecule has 0 atom stereocenters. The van der Waals surface area contributed by atoms with E-state index in [1.165, 1.54) is 44.9 Å². The molecule has 1 fully saturated rings. The molecule has 61 valence electrons. The summed E-state index contributed by atoms with van der Waals surface area (Å²) in [6.07, 6.45) is 11.3. The molecule has 0 heterocycles. The average Bonchev–Trinajstić information content (AvgIpc) is 2.08. The smallest absolute Gasteiger partial charge is 0.0533 e. The maximum atomic E-state index is 3.60. The third kappa shape index (κ3) is 8.00. The molecule has 1 aliphatic carbocycles. The van der Waals surface area contributed by atoms with Crippen molar-refractivity contribution in [3.8, 4) is 0 Å². The second-order valence-electron chi connectivity index (χ2n) is 2.97. The number of hydrogen-bond acceptors (Lipinski definition) is 0. The third-order valence-electron chi connectivity index (χ3n) is 1.85. The minimum absolute atomic E-state index is 1.07. The van der Waals surface area contributed by atoms with Crippen molar-refractivity contribution in [3.05, 3.63) is 6.92 Å². The van der Waals surface area contributed by atoms with E-state index in [-0.39, 0.29) is 0 Å². The first-order valence-corrected chi connectivity index (χ1v) is 4.71. The zero-order valence-electron chi connectivity index (χ0n) is 7.36. The summed E-state index contributed by atoms with van der Waals surface area (Å²) in [7, 11) is 0. The minimum atomic E-state index is 1.07. The van der Waals surface area contributed by atoms with Crippen molar-refractivity contribution in [1.29, 1.82) is 0 Å². The highest BCUT2D eigenvalue weighted by molar-refractivity contribution is 4.51. The van der Waals surface area contributed by atoms with Crippen molar-refractivity contribution in [2.75, 3.05) is 0 Å². The van der Waals surface area contributed by atoms with Crippen molar-refractivity contribution >= 4 is 0 Å². The van der Waals surface area contributed by atoms with Crippen LogP contribution in [0.3, 0.4) is 0 Å². The normalized spacial score (nSPS) is 17.4. The monoisotopic (exact) mass is 141 g/mol. The molecule has 0 amide bonds. The summed E-state index contributed by atoms with van der Waals surface area (Å²) in [5.74, 6) is 0. The molecule has 1 aliphatic rings. The van der Waals surface area contributed by atoms with E-state index in [0.717, 1.165) is 6.42 Å². The second-order valence-corrected chi connectivity index (χ2v) is 2.97. The van der Waals surface area contributed by atoms with Gasteiger partial charge in [-0.2, -0.15) is 0 Å². The maximum Gasteiger partial charge on any atom is -0.0533 e. The zero-order valence-corrected chi connectivity index (χ0v) is 7.36. The predicted molar refractivity (Wildman–Crippen MR) is 48.0 cm³/mol. The van der Waals surface area contributed by atoms with E-state index < -0.39 is 0 Å². The van der Waals surface area contributed by atoms with Crippen LogP contribution in [-0.4, -0.2) is 0 Å². The third-order valence-corrected chi connectivity index (χ3v) is 1.85. The lowest BCUT2D eigenvalue weighted by atomic mass is 10.0. The van der Waals surface area contributed by atoms with Gasteiger partial charge >= 0.3 is 0 Å². The molecular formula is C10H21. The summed E-state index contributed by atoms with van der Waals surface area (Å²) >= 11 is 0. The maximum absolute atomic E-state index is 3.60. The number of unbranched alkanes of at least 4 members (excludes halogenated alkanes) is 1. The molecule has 1 saturated carbocycles. The molecule has 10 heavy (non-hydrogen) atoms. The Morgan fingerprint density at radius 2 is 1.10 bits per heavy atom. The van der Waals surface area contributed by atoms with E-state index in [1.807, 2.05) is 0 Å². The molecule has 0 heteroatoms. The lowest BCUT2D eigenvalue weighted by Crippen LogP contribution is -1.85. The van der Waals surface area contributed by atoms with Crippen LogP contribution >= 0.6 is 0 Å². The molecule has 0 unspecified atom stereocenters. The first kappa shape index (κ1) is 10.0. The Balaban J connectivity index is 0.000000180. The molecule has 0 aromatic carbocycles. The van der Waals surface area contributed by atoms with Crippen LogP contribution in [-0.2, 0) is 0 Å². The van der Waals surface area contributed by atoms with Crippen molar-refractivity contribution in [2.45, 2.75) is 58.3 Å². The Bertz CT molecular complexity index is 30.5. The van der Waals surface area contributed by atoms with E-state index in [9.17, 15) is 0 Å². The van der Waals surface area contributed by atoms with Gasteiger partial charge in [-0.15, -0.1) is 0 Å². The van der Waals surface area contributed by atoms with Gasteiger partial charge in [0.25, 0.3) is 0 Å². The first-order chi connectivity index (χ1) is 4.91. The molecular weight excluding hydrogens is 120 g/mol. The van der Waals surface area contributed by atoms with E-state index in [4.69, 9.17) is 0 Å². The van der Waals surface area contributed by atoms with E-state index in [0.29, 0.717) is 0 Å². The van der Waals surface area contributed by atoms with Crippen molar-refractivity contribution < 1.29 is 0 Å². The predicted octanol–water partition coefficient (Wildman–Crippen LogP) is 3.96. The fourth-order valence-corrected chi connectivity index (χ4v) is 1.06. The summed E-state index contributed by atoms with van der Waals surface area (Å²) in [6, 6.07) is 0. The molecule has 1 radical (unpaired) electrons. The highest BCUT2D eigenvalue weighted by Crippen LogP contribution is 2.15. The van der Waals surface area contributed by atoms with Crippen molar-refractivity contribution in [3.63, 3.8) is 0 Å². The molecule has 0 aliphatic heterocycles. The molecule has 0 nitrogen and oxygen atoms in total. The van der Waals surface area contributed by atoms with Crippen LogP contribution in [0.1, 0.15) is 58.3 Å². The van der Waals surface area contributed by atoms with Gasteiger partial charge in [0.2, 0.25) is 0 Å². The Labute approximate surface area is 66.0 Å². The Kier molecular flexibility index (Phi) is 9.00. The summed E-state index contributed by atoms with van der Waals surface area (Å²) in [5.41, 5.74) is 0. The molecule has 0 bridgehead atoms. The van der Waals surface area contributed by atoms with E-state index in [2.05, 4.69) is 13.8 Å². The Morgan fingerprint density at radius 1 is 0.900 bits per heavy atom. The largest absolute Gasteiger partial charge is 0.0654 e. The summed E-state index contributed by atoms with van der Waals surface area (Å²) in [4.78, 5) is 0. The molecule has 0 saturated heterocycles. The quantitative estimate of drug-likeness (QED) is 0.518. The average molecular weight is 141 g/mol. The lowest BCUT2D eigenvalue weighted by Gasteiger charge is -2.05. The first-order valence-electron chi connectivity index (χ1n) is 4.71. The van der Waals surface area contributed by atoms with Gasteiger partial charge in [-0.05, 0) is 0 Å². The highest BCUT2D eigenvalue weighted by atomic mass is 14.0. The van der Waals surface area contributed by atoms with Crippen LogP contribution in [0.15, 0.2) is 0 Å². The zero-order chi connectivity index (χ0) is 7.66. The highest BCUT2D eigenvalue weighted by Gasteiger charge is 1.95. The van der Waals surface area contributed by atoms with Gasteiger partial charge < -0.3 is 0 Å². The van der Waals surface area contributed by atoms with Crippen molar-refractivity contribution in [2.24, 2.45) is 0 Å². The summed E-state index contributed by atoms with van der Waals surface area (Å²) < 4.78 is 0. The van der Waals surface area contributed by atoms with Crippen LogP contribution in [0.5, 0.6) is 0 Å². The van der Waals surface area contributed by atoms with Gasteiger partial charge in [0.15, 0.2) is 0 Å². The van der Waals surface area contributed by atoms with Crippen LogP contribution in [0.25, 0.3) is 0 Å². The van der Waals surface area contributed by atoms with Crippen LogP contribution in [0, 0.1) is 6.92 Å². The van der Waals surface area contributed by atoms with Gasteiger partial charge in [0.1, 0.15) is 0 Å². The van der Waals surface area contributed by atoms with Crippen molar-refractivity contribution in [1.82, 2.24) is 0 Å². The number of hydrogen-bond donors (Lipinski definition) is 0. The summed E-state index contributed by atoms with van der Waals surface area (Å²) in [5, 5.41) is 0. The van der Waals surface area contributed by atoms with Crippen LogP contribution < -0.4 is 0 Å². The Hall–Kier alpha value is 0. The van der Waals surface area contributed by atoms with Gasteiger partial charge in [-0.1, -0.05) is 65.2 Å². The van der Waals surface area contributed by atoms with Crippen LogP contribution in [0.2, 0.25) is 0 Å². The molecule has 1 rings (SSSR count). The van der Waals surface area contributed by atoms with Gasteiger partial charge in [-0.25, -0.2) is 0 Å². The van der Waals surface area contributed by atoms with E-state index >= 15 is 0 Å². The molecule has 0 aromatic heterocycles. The van der Waals surface area contributed by atoms with Gasteiger partial charge in [0, 0.05) is 0 Å². The van der Waals surface area contributed by atoms with E-state index in [1.54, 1.807) is 0 Å². The van der Waals surface area contributed by atoms with Gasteiger partial charge in [0.05, 0.1) is 0 Å².